The van der Waals surface area contributed by atoms with Gasteiger partial charge in [0.05, 0.1) is 11.8 Å². The van der Waals surface area contributed by atoms with E-state index in [4.69, 9.17) is 4.99 Å². The van der Waals surface area contributed by atoms with E-state index in [1.54, 1.807) is 0 Å². The molecule has 1 atom stereocenters. The molecule has 0 aliphatic carbocycles. The number of hydrogen-bond donors (Lipinski definition) is 1. The first kappa shape index (κ1) is 16.1. The zero-order valence-corrected chi connectivity index (χ0v) is 14.1. The van der Waals surface area contributed by atoms with Crippen LogP contribution in [0.4, 0.5) is 5.69 Å². The van der Waals surface area contributed by atoms with Crippen molar-refractivity contribution in [3.8, 4) is 0 Å². The summed E-state index contributed by atoms with van der Waals surface area (Å²) < 4.78 is 0. The van der Waals surface area contributed by atoms with Crippen molar-refractivity contribution in [3.05, 3.63) is 101 Å². The molecule has 0 saturated carbocycles. The van der Waals surface area contributed by atoms with Crippen LogP contribution in [0.15, 0.2) is 89.9 Å². The van der Waals surface area contributed by atoms with E-state index in [1.807, 2.05) is 89.8 Å². The van der Waals surface area contributed by atoms with Crippen molar-refractivity contribution in [2.75, 3.05) is 4.90 Å². The summed E-state index contributed by atoms with van der Waals surface area (Å²) in [6, 6.07) is 27.5. The van der Waals surface area contributed by atoms with Gasteiger partial charge in [0.2, 0.25) is 0 Å². The van der Waals surface area contributed by atoms with Gasteiger partial charge in [0, 0.05) is 16.6 Å². The van der Waals surface area contributed by atoms with E-state index in [1.165, 1.54) is 0 Å². The molecular formula is C22H18N2O2. The quantitative estimate of drug-likeness (QED) is 0.793. The maximum Gasteiger partial charge on any atom is 0.309 e. The van der Waals surface area contributed by atoms with Crippen molar-refractivity contribution < 1.29 is 9.90 Å². The number of carboxylic acid groups (broad SMARTS) is 1. The second-order valence-corrected chi connectivity index (χ2v) is 6.15. The molecule has 3 aromatic carbocycles. The fraction of sp³-hybridized carbons (Fsp3) is 0.0909. The lowest BCUT2D eigenvalue weighted by molar-refractivity contribution is -0.135. The van der Waals surface area contributed by atoms with Crippen molar-refractivity contribution >= 4 is 17.4 Å². The van der Waals surface area contributed by atoms with E-state index < -0.39 is 5.97 Å². The molecule has 0 spiro atoms. The number of rotatable bonds is 4. The zero-order valence-electron chi connectivity index (χ0n) is 14.1. The van der Waals surface area contributed by atoms with Gasteiger partial charge in [-0.2, -0.15) is 0 Å². The molecule has 3 aromatic rings. The molecule has 0 saturated heterocycles. The third kappa shape index (κ3) is 2.97. The van der Waals surface area contributed by atoms with Gasteiger partial charge >= 0.3 is 5.97 Å². The van der Waals surface area contributed by atoms with Crippen molar-refractivity contribution in [3.63, 3.8) is 0 Å². The highest BCUT2D eigenvalue weighted by Crippen LogP contribution is 2.34. The van der Waals surface area contributed by atoms with Crippen LogP contribution in [-0.4, -0.2) is 11.1 Å². The summed E-state index contributed by atoms with van der Waals surface area (Å²) in [5.74, 6) is -0.857. The topological polar surface area (TPSA) is 52.9 Å². The molecule has 4 heteroatoms. The van der Waals surface area contributed by atoms with Gasteiger partial charge in [-0.25, -0.2) is 0 Å². The van der Waals surface area contributed by atoms with Gasteiger partial charge in [0.25, 0.3) is 0 Å². The number of fused-ring (bicyclic) bond motifs is 1. The highest BCUT2D eigenvalue weighted by Gasteiger charge is 2.28. The summed E-state index contributed by atoms with van der Waals surface area (Å²) in [5, 5.41) is 11.2. The molecule has 0 fully saturated rings. The summed E-state index contributed by atoms with van der Waals surface area (Å²) in [6.45, 7) is 0. The molecule has 0 radical (unpaired) electrons. The van der Waals surface area contributed by atoms with E-state index in [0.717, 1.165) is 27.5 Å². The van der Waals surface area contributed by atoms with Crippen LogP contribution in [0.25, 0.3) is 5.70 Å². The van der Waals surface area contributed by atoms with Crippen molar-refractivity contribution in [1.82, 2.24) is 0 Å². The van der Waals surface area contributed by atoms with Crippen molar-refractivity contribution in [1.29, 1.82) is 0 Å². The SMILES string of the molecule is O=C(O)CC1=c2ccccc2=NC(c2ccccc2)N1c1ccccc1. The van der Waals surface area contributed by atoms with E-state index in [0.29, 0.717) is 0 Å². The van der Waals surface area contributed by atoms with Crippen LogP contribution < -0.4 is 15.5 Å². The van der Waals surface area contributed by atoms with Crippen LogP contribution in [-0.2, 0) is 4.79 Å². The number of nitrogens with zero attached hydrogens (tertiary/aromatic N) is 2. The van der Waals surface area contributed by atoms with Gasteiger partial charge in [0.1, 0.15) is 0 Å². The first-order valence-electron chi connectivity index (χ1n) is 8.51. The minimum absolute atomic E-state index is 0.0647. The van der Waals surface area contributed by atoms with E-state index in [2.05, 4.69) is 0 Å². The molecule has 0 bridgehead atoms. The minimum Gasteiger partial charge on any atom is -0.481 e. The van der Waals surface area contributed by atoms with Crippen LogP contribution in [0.3, 0.4) is 0 Å². The Bertz CT molecular complexity index is 1050. The lowest BCUT2D eigenvalue weighted by atomic mass is 10.0. The summed E-state index contributed by atoms with van der Waals surface area (Å²) >= 11 is 0. The van der Waals surface area contributed by atoms with Crippen LogP contribution in [0.5, 0.6) is 0 Å². The minimum atomic E-state index is -0.857. The maximum atomic E-state index is 11.6. The van der Waals surface area contributed by atoms with Crippen molar-refractivity contribution in [2.45, 2.75) is 12.6 Å². The summed E-state index contributed by atoms with van der Waals surface area (Å²) in [7, 11) is 0. The molecule has 26 heavy (non-hydrogen) atoms. The van der Waals surface area contributed by atoms with Crippen LogP contribution in [0, 0.1) is 0 Å². The second kappa shape index (κ2) is 6.84. The van der Waals surface area contributed by atoms with Crippen molar-refractivity contribution in [2.24, 2.45) is 4.99 Å². The fourth-order valence-corrected chi connectivity index (χ4v) is 3.36. The van der Waals surface area contributed by atoms with Gasteiger partial charge in [0.15, 0.2) is 6.17 Å². The smallest absolute Gasteiger partial charge is 0.309 e. The third-order valence-electron chi connectivity index (χ3n) is 4.46. The Labute approximate surface area is 151 Å². The van der Waals surface area contributed by atoms with Crippen LogP contribution in [0.1, 0.15) is 18.2 Å². The Morgan fingerprint density at radius 2 is 1.50 bits per heavy atom. The van der Waals surface area contributed by atoms with E-state index >= 15 is 0 Å². The molecule has 1 aliphatic heterocycles. The van der Waals surface area contributed by atoms with E-state index in [-0.39, 0.29) is 12.6 Å². The van der Waals surface area contributed by atoms with Crippen LogP contribution in [0.2, 0.25) is 0 Å². The normalized spacial score (nSPS) is 15.9. The lowest BCUT2D eigenvalue weighted by Gasteiger charge is -2.35. The Kier molecular flexibility index (Phi) is 4.23. The molecule has 1 aliphatic rings. The summed E-state index contributed by atoms with van der Waals surface area (Å²) in [4.78, 5) is 18.6. The van der Waals surface area contributed by atoms with Gasteiger partial charge in [-0.1, -0.05) is 66.7 Å². The molecule has 4 rings (SSSR count). The Morgan fingerprint density at radius 1 is 0.885 bits per heavy atom. The Morgan fingerprint density at radius 3 is 2.19 bits per heavy atom. The summed E-state index contributed by atoms with van der Waals surface area (Å²) in [5.41, 5.74) is 2.70. The second-order valence-electron chi connectivity index (χ2n) is 6.15. The zero-order chi connectivity index (χ0) is 17.9. The van der Waals surface area contributed by atoms with Crippen LogP contribution >= 0.6 is 0 Å². The predicted octanol–water partition coefficient (Wildman–Crippen LogP) is 3.11. The van der Waals surface area contributed by atoms with E-state index in [9.17, 15) is 9.90 Å². The number of carboxylic acids is 1. The monoisotopic (exact) mass is 342 g/mol. The molecule has 128 valence electrons. The number of para-hydroxylation sites is 2. The fourth-order valence-electron chi connectivity index (χ4n) is 3.36. The number of carbonyl (C=O) groups is 1. The molecule has 1 unspecified atom stereocenters. The average molecular weight is 342 g/mol. The highest BCUT2D eigenvalue weighted by molar-refractivity contribution is 5.84. The maximum absolute atomic E-state index is 11.6. The number of hydrogen-bond acceptors (Lipinski definition) is 3. The summed E-state index contributed by atoms with van der Waals surface area (Å²) in [6.07, 6.45) is -0.368. The number of anilines is 1. The molecule has 4 nitrogen and oxygen atoms in total. The highest BCUT2D eigenvalue weighted by atomic mass is 16.4. The Balaban J connectivity index is 2.01. The van der Waals surface area contributed by atoms with Gasteiger partial charge in [-0.3, -0.25) is 9.79 Å². The molecule has 1 N–H and O–H groups in total. The van der Waals surface area contributed by atoms with Gasteiger partial charge < -0.3 is 10.0 Å². The number of benzene rings is 3. The van der Waals surface area contributed by atoms with Gasteiger partial charge in [-0.15, -0.1) is 0 Å². The molecule has 0 amide bonds. The molecular weight excluding hydrogens is 324 g/mol. The molecule has 0 aromatic heterocycles. The Hall–Kier alpha value is -3.40. The average Bonchev–Trinajstić information content (AvgIpc) is 2.68. The van der Waals surface area contributed by atoms with Gasteiger partial charge in [-0.05, 0) is 23.8 Å². The predicted molar refractivity (Wildman–Crippen MR) is 101 cm³/mol. The first-order chi connectivity index (χ1) is 12.7. The molecule has 1 heterocycles. The first-order valence-corrected chi connectivity index (χ1v) is 8.51. The largest absolute Gasteiger partial charge is 0.481 e. The lowest BCUT2D eigenvalue weighted by Crippen LogP contribution is -2.42. The standard InChI is InChI=1S/C22H18N2O2/c25-21(26)15-20-18-13-7-8-14-19(18)23-22(16-9-3-1-4-10-16)24(20)17-11-5-2-6-12-17/h1-14,22H,15H2,(H,25,26). The number of aliphatic carboxylic acids is 1. The third-order valence-corrected chi connectivity index (χ3v) is 4.46.